The second kappa shape index (κ2) is 10.7. The Morgan fingerprint density at radius 3 is 1.88 bits per heavy atom. The molecule has 0 N–H and O–H groups in total. The van der Waals surface area contributed by atoms with E-state index < -0.39 is 18.4 Å². The van der Waals surface area contributed by atoms with Crippen LogP contribution in [0, 0.1) is 0 Å². The fourth-order valence-corrected chi connectivity index (χ4v) is 18.8. The number of unbranched alkanes of at least 4 members (excludes halogenated alkanes) is 3. The van der Waals surface area contributed by atoms with Crippen molar-refractivity contribution < 1.29 is 0 Å². The van der Waals surface area contributed by atoms with Crippen LogP contribution in [0.4, 0.5) is 0 Å². The molecular weight excluding hydrogens is 481 g/mol. The molecule has 0 saturated heterocycles. The van der Waals surface area contributed by atoms with Crippen LogP contribution in [0.15, 0.2) is 34.9 Å². The normalized spacial score (nSPS) is 11.8. The van der Waals surface area contributed by atoms with Crippen LogP contribution in [-0.2, 0) is 0 Å². The zero-order chi connectivity index (χ0) is 18.1. The molecule has 25 heavy (non-hydrogen) atoms. The number of rotatable bonds is 11. The zero-order valence-electron chi connectivity index (χ0n) is 16.0. The van der Waals surface area contributed by atoms with Crippen molar-refractivity contribution in [1.82, 2.24) is 15.0 Å². The second-order valence-electron chi connectivity index (χ2n) is 7.12. The number of benzene rings is 1. The van der Waals surface area contributed by atoms with Gasteiger partial charge in [-0.1, -0.05) is 0 Å². The molecule has 1 aromatic carbocycles. The van der Waals surface area contributed by atoms with Crippen LogP contribution in [0.5, 0.6) is 0 Å². The SMILES string of the molecule is CCC[CH2][Sn]([CH2]CCC)([CH2]CCC)[c]1cn(-c2ccc(Br)cc2)nn1. The average molecular weight is 513 g/mol. The van der Waals surface area contributed by atoms with Crippen LogP contribution >= 0.6 is 15.9 Å². The summed E-state index contributed by atoms with van der Waals surface area (Å²) >= 11 is 1.05. The summed E-state index contributed by atoms with van der Waals surface area (Å²) in [7, 11) is 0. The summed E-state index contributed by atoms with van der Waals surface area (Å²) in [5, 5.41) is 9.25. The molecule has 0 fully saturated rings. The minimum atomic E-state index is -2.46. The first kappa shape index (κ1) is 20.9. The van der Waals surface area contributed by atoms with Gasteiger partial charge >= 0.3 is 166 Å². The van der Waals surface area contributed by atoms with Gasteiger partial charge in [-0.15, -0.1) is 0 Å². The summed E-state index contributed by atoms with van der Waals surface area (Å²) in [5.74, 6) is 0. The fourth-order valence-electron chi connectivity index (χ4n) is 3.53. The topological polar surface area (TPSA) is 30.7 Å². The molecule has 138 valence electrons. The van der Waals surface area contributed by atoms with Crippen LogP contribution in [0.25, 0.3) is 5.69 Å². The number of nitrogens with zero attached hydrogens (tertiary/aromatic N) is 3. The Bertz CT molecular complexity index is 602. The van der Waals surface area contributed by atoms with Crippen LogP contribution in [0.3, 0.4) is 0 Å². The van der Waals surface area contributed by atoms with E-state index in [0.717, 1.165) is 10.2 Å². The Morgan fingerprint density at radius 2 is 1.40 bits per heavy atom. The van der Waals surface area contributed by atoms with Gasteiger partial charge in [-0.25, -0.2) is 0 Å². The van der Waals surface area contributed by atoms with Crippen LogP contribution in [0.1, 0.15) is 59.3 Å². The van der Waals surface area contributed by atoms with Gasteiger partial charge in [-0.3, -0.25) is 0 Å². The van der Waals surface area contributed by atoms with Crippen LogP contribution in [0.2, 0.25) is 13.3 Å². The van der Waals surface area contributed by atoms with Crippen molar-refractivity contribution in [2.75, 3.05) is 0 Å². The van der Waals surface area contributed by atoms with E-state index in [2.05, 4.69) is 72.4 Å². The predicted octanol–water partition coefficient (Wildman–Crippen LogP) is 6.09. The first-order chi connectivity index (χ1) is 12.1. The van der Waals surface area contributed by atoms with Crippen LogP contribution < -0.4 is 3.71 Å². The van der Waals surface area contributed by atoms with E-state index in [1.165, 1.54) is 55.5 Å². The molecule has 0 aliphatic heterocycles. The summed E-state index contributed by atoms with van der Waals surface area (Å²) in [6, 6.07) is 8.34. The van der Waals surface area contributed by atoms with E-state index >= 15 is 0 Å². The first-order valence-corrected chi connectivity index (χ1v) is 18.1. The predicted molar refractivity (Wildman–Crippen MR) is 114 cm³/mol. The van der Waals surface area contributed by atoms with Gasteiger partial charge in [0.05, 0.1) is 0 Å². The Hall–Kier alpha value is -0.361. The molecule has 0 bridgehead atoms. The molecule has 0 radical (unpaired) electrons. The van der Waals surface area contributed by atoms with Gasteiger partial charge < -0.3 is 0 Å². The minimum absolute atomic E-state index is 1.10. The van der Waals surface area contributed by atoms with E-state index in [1.54, 1.807) is 0 Å². The Morgan fingerprint density at radius 1 is 0.880 bits per heavy atom. The maximum absolute atomic E-state index is 4.74. The molecule has 0 atom stereocenters. The molecule has 5 heteroatoms. The van der Waals surface area contributed by atoms with Crippen molar-refractivity contribution in [2.45, 2.75) is 72.6 Å². The maximum atomic E-state index is 4.74. The standard InChI is InChI=1S/C8H5BrN3.3C4H9.Sn/c9-7-1-3-8(4-2-7)12-6-5-10-11-12;3*1-3-4-2;/h1-4,6H;3*1,3-4H2,2H3;. The van der Waals surface area contributed by atoms with Crippen molar-refractivity contribution >= 4 is 38.0 Å². The van der Waals surface area contributed by atoms with Gasteiger partial charge in [-0.2, -0.15) is 0 Å². The van der Waals surface area contributed by atoms with Crippen molar-refractivity contribution in [1.29, 1.82) is 0 Å². The van der Waals surface area contributed by atoms with E-state index in [4.69, 9.17) is 5.10 Å². The number of hydrogen-bond acceptors (Lipinski definition) is 2. The third kappa shape index (κ3) is 5.81. The molecule has 1 heterocycles. The second-order valence-corrected chi connectivity index (χ2v) is 21.1. The van der Waals surface area contributed by atoms with Gasteiger partial charge in [-0.05, 0) is 0 Å². The zero-order valence-corrected chi connectivity index (χ0v) is 20.4. The van der Waals surface area contributed by atoms with Gasteiger partial charge in [0, 0.05) is 0 Å². The van der Waals surface area contributed by atoms with Crippen molar-refractivity contribution in [3.05, 3.63) is 34.9 Å². The molecule has 0 aliphatic rings. The summed E-state index contributed by atoms with van der Waals surface area (Å²) in [6.07, 6.45) is 10.2. The Labute approximate surface area is 165 Å². The molecule has 2 aromatic rings. The van der Waals surface area contributed by atoms with Crippen LogP contribution in [-0.4, -0.2) is 33.4 Å². The summed E-state index contributed by atoms with van der Waals surface area (Å²) in [6.45, 7) is 6.94. The molecular formula is C20H32BrN3Sn. The summed E-state index contributed by atoms with van der Waals surface area (Å²) in [4.78, 5) is 0. The average Bonchev–Trinajstić information content (AvgIpc) is 3.13. The molecule has 2 rings (SSSR count). The van der Waals surface area contributed by atoms with Gasteiger partial charge in [0.15, 0.2) is 0 Å². The van der Waals surface area contributed by atoms with Crippen molar-refractivity contribution in [3.63, 3.8) is 0 Å². The van der Waals surface area contributed by atoms with E-state index in [-0.39, 0.29) is 0 Å². The van der Waals surface area contributed by atoms with Crippen molar-refractivity contribution in [3.8, 4) is 5.69 Å². The van der Waals surface area contributed by atoms with Gasteiger partial charge in [0.1, 0.15) is 0 Å². The Balaban J connectivity index is 2.32. The summed E-state index contributed by atoms with van der Waals surface area (Å²) < 4.78 is 8.78. The molecule has 0 amide bonds. The van der Waals surface area contributed by atoms with Gasteiger partial charge in [0.2, 0.25) is 0 Å². The molecule has 0 spiro atoms. The van der Waals surface area contributed by atoms with E-state index in [9.17, 15) is 0 Å². The number of hydrogen-bond donors (Lipinski definition) is 0. The van der Waals surface area contributed by atoms with Gasteiger partial charge in [0.25, 0.3) is 0 Å². The quantitative estimate of drug-likeness (QED) is 0.341. The molecule has 3 nitrogen and oxygen atoms in total. The van der Waals surface area contributed by atoms with Crippen molar-refractivity contribution in [2.24, 2.45) is 0 Å². The molecule has 0 unspecified atom stereocenters. The third-order valence-corrected chi connectivity index (χ3v) is 20.7. The third-order valence-electron chi connectivity index (χ3n) is 5.15. The molecule has 0 aliphatic carbocycles. The van der Waals surface area contributed by atoms with E-state index in [1.807, 2.05) is 4.68 Å². The fraction of sp³-hybridized carbons (Fsp3) is 0.600. The monoisotopic (exact) mass is 513 g/mol. The summed E-state index contributed by atoms with van der Waals surface area (Å²) in [5.41, 5.74) is 1.10. The molecule has 0 saturated carbocycles. The van der Waals surface area contributed by atoms with E-state index in [0.29, 0.717) is 0 Å². The first-order valence-electron chi connectivity index (χ1n) is 9.84. The molecule has 1 aromatic heterocycles. The number of aromatic nitrogens is 3. The Kier molecular flexibility index (Phi) is 8.97. The number of halogens is 1.